The van der Waals surface area contributed by atoms with Crippen LogP contribution in [0.5, 0.6) is 0 Å². The van der Waals surface area contributed by atoms with E-state index in [0.717, 1.165) is 52.4 Å². The summed E-state index contributed by atoms with van der Waals surface area (Å²) in [7, 11) is -21.3. The van der Waals surface area contributed by atoms with Gasteiger partial charge in [-0.15, -0.1) is 0 Å². The van der Waals surface area contributed by atoms with Crippen LogP contribution in [0.3, 0.4) is 0 Å². The van der Waals surface area contributed by atoms with Crippen molar-refractivity contribution in [1.82, 2.24) is 21.3 Å². The van der Waals surface area contributed by atoms with Gasteiger partial charge < -0.3 is 21.3 Å². The van der Waals surface area contributed by atoms with Gasteiger partial charge in [0.2, 0.25) is 0 Å². The van der Waals surface area contributed by atoms with E-state index in [0.29, 0.717) is 0 Å². The first-order chi connectivity index (χ1) is 11.9. The predicted octanol–water partition coefficient (Wildman–Crippen LogP) is 5.90. The molecule has 0 unspecified atom stereocenters. The Balaban J connectivity index is -0.000000384. The summed E-state index contributed by atoms with van der Waals surface area (Å²) in [6, 6.07) is 0. The maximum absolute atomic E-state index is 10.7. The van der Waals surface area contributed by atoms with Gasteiger partial charge in [-0.3, -0.25) is 0 Å². The molecule has 0 amide bonds. The first-order valence-electron chi connectivity index (χ1n) is 7.86. The molecule has 1 aliphatic heterocycles. The van der Waals surface area contributed by atoms with Gasteiger partial charge in [-0.1, -0.05) is 0 Å². The van der Waals surface area contributed by atoms with Crippen LogP contribution in [0.2, 0.25) is 0 Å². The fourth-order valence-corrected chi connectivity index (χ4v) is 1.53. The summed E-state index contributed by atoms with van der Waals surface area (Å²) in [5.41, 5.74) is 0. The van der Waals surface area contributed by atoms with E-state index in [1.165, 1.54) is 12.8 Å². The molecular weight excluding hydrogens is 530 g/mol. The van der Waals surface area contributed by atoms with Crippen LogP contribution in [-0.4, -0.2) is 52.4 Å². The third kappa shape index (κ3) is 95.5. The van der Waals surface area contributed by atoms with Crippen molar-refractivity contribution < 1.29 is 67.4 Å². The summed E-state index contributed by atoms with van der Waals surface area (Å²) >= 11 is 0. The van der Waals surface area contributed by atoms with E-state index < -0.39 is 15.6 Å². The Hall–Kier alpha value is 0.379. The minimum absolute atomic E-state index is 0. The van der Waals surface area contributed by atoms with Gasteiger partial charge in [-0.25, -0.2) is 0 Å². The first kappa shape index (κ1) is 34.0. The summed E-state index contributed by atoms with van der Waals surface area (Å²) < 4.78 is 118. The molecule has 0 bridgehead atoms. The van der Waals surface area contributed by atoms with Crippen LogP contribution in [0.4, 0.5) is 50.4 Å². The second-order valence-electron chi connectivity index (χ2n) is 5.62. The third-order valence-electron chi connectivity index (χ3n) is 2.37. The van der Waals surface area contributed by atoms with E-state index in [4.69, 9.17) is 0 Å². The summed E-state index contributed by atoms with van der Waals surface area (Å²) in [5, 5.41) is 13.7. The molecule has 1 radical (unpaired) electrons. The van der Waals surface area contributed by atoms with Crippen LogP contribution in [0.1, 0.15) is 12.8 Å². The Morgan fingerprint density at radius 3 is 0.690 bits per heavy atom. The minimum atomic E-state index is -10.7. The number of nitrogens with one attached hydrogen (secondary N) is 4. The van der Waals surface area contributed by atoms with Gasteiger partial charge in [0.1, 0.15) is 0 Å². The maximum atomic E-state index is 9.87. The van der Waals surface area contributed by atoms with E-state index in [1.54, 1.807) is 0 Å². The summed E-state index contributed by atoms with van der Waals surface area (Å²) in [5.74, 6) is 0. The molecule has 1 fully saturated rings. The smallest absolute Gasteiger partial charge is 2.00 e. The van der Waals surface area contributed by atoms with E-state index in [-0.39, 0.29) is 17.1 Å². The Labute approximate surface area is 170 Å². The van der Waals surface area contributed by atoms with Crippen molar-refractivity contribution in [3.8, 4) is 0 Å². The van der Waals surface area contributed by atoms with Crippen LogP contribution in [-0.2, 0) is 17.1 Å². The van der Waals surface area contributed by atoms with Crippen molar-refractivity contribution in [2.75, 3.05) is 52.4 Å². The SMILES string of the molecule is C1CNCCCNCCNCCNC1.F[P-](F)(F)(F)(F)F.F[P-](F)(F)(F)(F)F.[Cu+2]. The van der Waals surface area contributed by atoms with Gasteiger partial charge in [-0.2, -0.15) is 0 Å². The van der Waals surface area contributed by atoms with E-state index >= 15 is 0 Å². The number of rotatable bonds is 0. The van der Waals surface area contributed by atoms with Crippen molar-refractivity contribution >= 4 is 15.6 Å². The third-order valence-corrected chi connectivity index (χ3v) is 2.37. The first-order valence-corrected chi connectivity index (χ1v) is 11.9. The monoisotopic (exact) mass is 553 g/mol. The molecule has 1 rings (SSSR count). The van der Waals surface area contributed by atoms with Crippen LogP contribution in [0, 0.1) is 0 Å². The molecule has 0 saturated carbocycles. The Bertz CT molecular complexity index is 335. The van der Waals surface area contributed by atoms with Gasteiger partial charge >= 0.3 is 83.0 Å². The summed E-state index contributed by atoms with van der Waals surface area (Å²) in [6.45, 7) is 8.87. The van der Waals surface area contributed by atoms with E-state index in [9.17, 15) is 50.4 Å². The molecule has 0 spiro atoms. The molecule has 0 aromatic heterocycles. The number of hydrogen-bond acceptors (Lipinski definition) is 4. The Morgan fingerprint density at radius 2 is 0.483 bits per heavy atom. The zero-order chi connectivity index (χ0) is 22.7. The zero-order valence-corrected chi connectivity index (χ0v) is 17.5. The van der Waals surface area contributed by atoms with Gasteiger partial charge in [0.15, 0.2) is 0 Å². The second kappa shape index (κ2) is 10.8. The fourth-order valence-electron chi connectivity index (χ4n) is 1.53. The zero-order valence-electron chi connectivity index (χ0n) is 14.8. The normalized spacial score (nSPS) is 22.8. The fraction of sp³-hybridized carbons (Fsp3) is 1.00. The van der Waals surface area contributed by atoms with E-state index in [2.05, 4.69) is 21.3 Å². The van der Waals surface area contributed by atoms with Gasteiger partial charge in [0, 0.05) is 26.2 Å². The van der Waals surface area contributed by atoms with Gasteiger partial charge in [-0.05, 0) is 39.0 Å². The van der Waals surface area contributed by atoms with E-state index in [1.807, 2.05) is 0 Å². The van der Waals surface area contributed by atoms with Crippen LogP contribution in [0.15, 0.2) is 0 Å². The molecule has 1 aliphatic rings. The number of hydrogen-bond donors (Lipinski definition) is 4. The standard InChI is InChI=1S/C10H24N4.Cu.2F6P/c1-3-11-4-2-6-13-8-10-14-9-7-12-5-1;;2*1-7(2,3,4,5)6/h11-14H,1-10H2;;;/q;+2;2*-1. The summed E-state index contributed by atoms with van der Waals surface area (Å²) in [6.07, 6.45) is 2.46. The number of halogens is 12. The quantitative estimate of drug-likeness (QED) is 0.171. The molecule has 29 heavy (non-hydrogen) atoms. The molecule has 1 heterocycles. The molecule has 189 valence electrons. The second-order valence-corrected chi connectivity index (χ2v) is 9.46. The largest absolute Gasteiger partial charge is 2.00 e. The topological polar surface area (TPSA) is 48.1 Å². The van der Waals surface area contributed by atoms with Crippen LogP contribution >= 0.6 is 15.6 Å². The molecule has 0 aliphatic carbocycles. The summed E-state index contributed by atoms with van der Waals surface area (Å²) in [4.78, 5) is 0. The average Bonchev–Trinajstić information content (AvgIpc) is 2.34. The van der Waals surface area contributed by atoms with Gasteiger partial charge in [0.05, 0.1) is 0 Å². The van der Waals surface area contributed by atoms with Crippen molar-refractivity contribution in [3.05, 3.63) is 0 Å². The maximum Gasteiger partial charge on any atom is 2.00 e. The van der Waals surface area contributed by atoms with Crippen molar-refractivity contribution in [1.29, 1.82) is 0 Å². The van der Waals surface area contributed by atoms with Crippen LogP contribution < -0.4 is 21.3 Å². The van der Waals surface area contributed by atoms with Crippen molar-refractivity contribution in [2.45, 2.75) is 12.8 Å². The molecule has 0 aromatic rings. The molecule has 0 atom stereocenters. The average molecular weight is 554 g/mol. The molecular formula is C10H24CuF12N4P2. The molecule has 4 N–H and O–H groups in total. The molecule has 1 saturated heterocycles. The predicted molar refractivity (Wildman–Crippen MR) is 87.8 cm³/mol. The molecule has 4 nitrogen and oxygen atoms in total. The van der Waals surface area contributed by atoms with Crippen LogP contribution in [0.25, 0.3) is 0 Å². The Kier molecular flexibility index (Phi) is 12.7. The van der Waals surface area contributed by atoms with Crippen molar-refractivity contribution in [2.24, 2.45) is 0 Å². The van der Waals surface area contributed by atoms with Gasteiger partial charge in [0.25, 0.3) is 0 Å². The van der Waals surface area contributed by atoms with Crippen molar-refractivity contribution in [3.63, 3.8) is 0 Å². The molecule has 19 heteroatoms. The molecule has 0 aromatic carbocycles. The minimum Gasteiger partial charge on any atom is 2.00 e. The Morgan fingerprint density at radius 1 is 0.345 bits per heavy atom.